The Balaban J connectivity index is 2.57. The summed E-state index contributed by atoms with van der Waals surface area (Å²) in [5, 5.41) is 14.6. The molecule has 0 saturated heterocycles. The lowest BCUT2D eigenvalue weighted by molar-refractivity contribution is -0.384. The topological polar surface area (TPSA) is 58.4 Å². The van der Waals surface area contributed by atoms with Crippen LogP contribution in [-0.2, 0) is 6.54 Å². The molecule has 0 aliphatic rings. The van der Waals surface area contributed by atoms with Crippen molar-refractivity contribution in [1.29, 1.82) is 0 Å². The number of nitro benzene ring substituents is 1. The fourth-order valence-electron chi connectivity index (χ4n) is 1.65. The molecule has 1 aromatic carbocycles. The van der Waals surface area contributed by atoms with Gasteiger partial charge in [0, 0.05) is 29.7 Å². The Morgan fingerprint density at radius 1 is 1.47 bits per heavy atom. The minimum Gasteiger partial charge on any atom is -0.310 e. The monoisotopic (exact) mass is 285 g/mol. The minimum absolute atomic E-state index is 0.0714. The number of halogens is 1. The zero-order chi connectivity index (χ0) is 14.4. The van der Waals surface area contributed by atoms with E-state index in [1.807, 2.05) is 14.1 Å². The summed E-state index contributed by atoms with van der Waals surface area (Å²) >= 11 is 6.04. The van der Waals surface area contributed by atoms with E-state index < -0.39 is 4.92 Å². The average molecular weight is 286 g/mol. The van der Waals surface area contributed by atoms with Gasteiger partial charge in [0.15, 0.2) is 0 Å². The van der Waals surface area contributed by atoms with Gasteiger partial charge in [-0.2, -0.15) is 0 Å². The largest absolute Gasteiger partial charge is 0.310 e. The maximum atomic E-state index is 10.7. The molecule has 0 spiro atoms. The molecule has 19 heavy (non-hydrogen) atoms. The molecule has 0 radical (unpaired) electrons. The molecule has 0 bridgehead atoms. The van der Waals surface area contributed by atoms with Gasteiger partial charge in [0.25, 0.3) is 5.69 Å². The van der Waals surface area contributed by atoms with Crippen LogP contribution in [0.5, 0.6) is 0 Å². The zero-order valence-electron chi connectivity index (χ0n) is 11.5. The Bertz CT molecular complexity index is 438. The third kappa shape index (κ3) is 5.55. The molecule has 0 amide bonds. The molecule has 0 heterocycles. The summed E-state index contributed by atoms with van der Waals surface area (Å²) in [4.78, 5) is 12.4. The first kappa shape index (κ1) is 15.9. The summed E-state index contributed by atoms with van der Waals surface area (Å²) in [6.07, 6.45) is 1.01. The van der Waals surface area contributed by atoms with Crippen molar-refractivity contribution in [1.82, 2.24) is 10.2 Å². The van der Waals surface area contributed by atoms with E-state index in [1.165, 1.54) is 12.1 Å². The Hall–Kier alpha value is -1.17. The van der Waals surface area contributed by atoms with Crippen molar-refractivity contribution in [2.75, 3.05) is 20.6 Å². The molecule has 1 unspecified atom stereocenters. The third-order valence-corrected chi connectivity index (χ3v) is 3.26. The molecule has 0 aromatic heterocycles. The third-order valence-electron chi connectivity index (χ3n) is 2.89. The summed E-state index contributed by atoms with van der Waals surface area (Å²) < 4.78 is 0. The highest BCUT2D eigenvalue weighted by molar-refractivity contribution is 6.31. The van der Waals surface area contributed by atoms with Crippen LogP contribution in [0.25, 0.3) is 0 Å². The molecule has 5 nitrogen and oxygen atoms in total. The van der Waals surface area contributed by atoms with Crippen molar-refractivity contribution in [3.8, 4) is 0 Å². The highest BCUT2D eigenvalue weighted by atomic mass is 35.5. The number of non-ortho nitro benzene ring substituents is 1. The van der Waals surface area contributed by atoms with Crippen molar-refractivity contribution in [3.05, 3.63) is 38.9 Å². The van der Waals surface area contributed by atoms with Gasteiger partial charge in [-0.1, -0.05) is 11.6 Å². The minimum atomic E-state index is -0.407. The van der Waals surface area contributed by atoms with E-state index in [0.717, 1.165) is 18.5 Å². The fourth-order valence-corrected chi connectivity index (χ4v) is 1.83. The smallest absolute Gasteiger partial charge is 0.269 e. The van der Waals surface area contributed by atoms with Gasteiger partial charge < -0.3 is 10.2 Å². The number of benzene rings is 1. The van der Waals surface area contributed by atoms with Crippen LogP contribution in [0.15, 0.2) is 18.2 Å². The predicted octanol–water partition coefficient (Wildman–Crippen LogP) is 2.68. The quantitative estimate of drug-likeness (QED) is 0.618. The number of hydrogen-bond donors (Lipinski definition) is 1. The summed E-state index contributed by atoms with van der Waals surface area (Å²) in [7, 11) is 4.06. The molecule has 1 rings (SSSR count). The molecule has 1 N–H and O–H groups in total. The average Bonchev–Trinajstić information content (AvgIpc) is 2.35. The van der Waals surface area contributed by atoms with Crippen molar-refractivity contribution in [2.24, 2.45) is 0 Å². The van der Waals surface area contributed by atoms with Crippen molar-refractivity contribution in [2.45, 2.75) is 25.9 Å². The Labute approximate surface area is 118 Å². The van der Waals surface area contributed by atoms with Crippen molar-refractivity contribution < 1.29 is 4.92 Å². The van der Waals surface area contributed by atoms with Gasteiger partial charge >= 0.3 is 0 Å². The number of nitro groups is 1. The van der Waals surface area contributed by atoms with Gasteiger partial charge in [0.05, 0.1) is 4.92 Å². The summed E-state index contributed by atoms with van der Waals surface area (Å²) in [6.45, 7) is 3.63. The number of rotatable bonds is 7. The first-order chi connectivity index (χ1) is 8.90. The Kier molecular flexibility index (Phi) is 6.21. The second-order valence-electron chi connectivity index (χ2n) is 4.91. The van der Waals surface area contributed by atoms with E-state index in [4.69, 9.17) is 11.6 Å². The summed E-state index contributed by atoms with van der Waals surface area (Å²) in [5.74, 6) is 0. The van der Waals surface area contributed by atoms with Crippen LogP contribution < -0.4 is 5.32 Å². The van der Waals surface area contributed by atoms with Crippen LogP contribution in [0.4, 0.5) is 5.69 Å². The van der Waals surface area contributed by atoms with Crippen LogP contribution in [0, 0.1) is 10.1 Å². The molecular formula is C13H20ClN3O2. The van der Waals surface area contributed by atoms with Crippen LogP contribution in [0.1, 0.15) is 18.9 Å². The molecular weight excluding hydrogens is 266 g/mol. The standard InChI is InChI=1S/C13H20ClN3O2/c1-10(6-7-16(2)3)15-9-11-8-12(17(18)19)4-5-13(11)14/h4-5,8,10,15H,6-7,9H2,1-3H3. The molecule has 1 atom stereocenters. The van der Waals surface area contributed by atoms with Gasteiger partial charge in [-0.25, -0.2) is 0 Å². The summed E-state index contributed by atoms with van der Waals surface area (Å²) in [6, 6.07) is 4.84. The van der Waals surface area contributed by atoms with Gasteiger partial charge in [-0.3, -0.25) is 10.1 Å². The van der Waals surface area contributed by atoms with Crippen molar-refractivity contribution >= 4 is 17.3 Å². The van der Waals surface area contributed by atoms with Crippen LogP contribution in [-0.4, -0.2) is 36.5 Å². The molecule has 1 aromatic rings. The Morgan fingerprint density at radius 2 is 2.16 bits per heavy atom. The first-order valence-electron chi connectivity index (χ1n) is 6.21. The molecule has 0 aliphatic carbocycles. The number of hydrogen-bond acceptors (Lipinski definition) is 4. The lowest BCUT2D eigenvalue weighted by Gasteiger charge is -2.17. The van der Waals surface area contributed by atoms with Gasteiger partial charge in [0.2, 0.25) is 0 Å². The van der Waals surface area contributed by atoms with E-state index in [-0.39, 0.29) is 5.69 Å². The second-order valence-corrected chi connectivity index (χ2v) is 5.31. The highest BCUT2D eigenvalue weighted by Gasteiger charge is 2.10. The molecule has 106 valence electrons. The SMILES string of the molecule is CC(CCN(C)C)NCc1cc([N+](=O)[O-])ccc1Cl. The first-order valence-corrected chi connectivity index (χ1v) is 6.59. The molecule has 6 heteroatoms. The maximum Gasteiger partial charge on any atom is 0.269 e. The molecule has 0 aliphatic heterocycles. The van der Waals surface area contributed by atoms with E-state index in [9.17, 15) is 10.1 Å². The van der Waals surface area contributed by atoms with Crippen LogP contribution in [0.3, 0.4) is 0 Å². The summed E-state index contributed by atoms with van der Waals surface area (Å²) in [5.41, 5.74) is 0.828. The zero-order valence-corrected chi connectivity index (χ0v) is 12.3. The lowest BCUT2D eigenvalue weighted by atomic mass is 10.1. The number of nitrogens with one attached hydrogen (secondary N) is 1. The van der Waals surface area contributed by atoms with Crippen LogP contribution >= 0.6 is 11.6 Å². The fraction of sp³-hybridized carbons (Fsp3) is 0.538. The van der Waals surface area contributed by atoms with Gasteiger partial charge in [0.1, 0.15) is 0 Å². The maximum absolute atomic E-state index is 10.7. The van der Waals surface area contributed by atoms with E-state index in [0.29, 0.717) is 17.6 Å². The second kappa shape index (κ2) is 7.43. The van der Waals surface area contributed by atoms with Gasteiger partial charge in [-0.15, -0.1) is 0 Å². The van der Waals surface area contributed by atoms with Gasteiger partial charge in [-0.05, 0) is 45.6 Å². The molecule has 0 fully saturated rings. The van der Waals surface area contributed by atoms with E-state index >= 15 is 0 Å². The Morgan fingerprint density at radius 3 is 2.74 bits per heavy atom. The number of nitrogens with zero attached hydrogens (tertiary/aromatic N) is 2. The van der Waals surface area contributed by atoms with Crippen molar-refractivity contribution in [3.63, 3.8) is 0 Å². The highest BCUT2D eigenvalue weighted by Crippen LogP contribution is 2.22. The lowest BCUT2D eigenvalue weighted by Crippen LogP contribution is -2.29. The van der Waals surface area contributed by atoms with E-state index in [2.05, 4.69) is 17.1 Å². The molecule has 0 saturated carbocycles. The van der Waals surface area contributed by atoms with Crippen LogP contribution in [0.2, 0.25) is 5.02 Å². The van der Waals surface area contributed by atoms with E-state index in [1.54, 1.807) is 6.07 Å². The normalized spacial score (nSPS) is 12.7. The predicted molar refractivity (Wildman–Crippen MR) is 77.6 cm³/mol.